The van der Waals surface area contributed by atoms with Gasteiger partial charge in [0.15, 0.2) is 0 Å². The molecule has 0 aliphatic heterocycles. The number of hydrogen-bond donors (Lipinski definition) is 0. The third-order valence-corrected chi connectivity index (χ3v) is 9.45. The Morgan fingerprint density at radius 1 is 0.282 bits per heavy atom. The van der Waals surface area contributed by atoms with Crippen LogP contribution in [0.4, 0.5) is 0 Å². The molecule has 2 N–H and O–H groups in total. The zero-order valence-electron chi connectivity index (χ0n) is 37.8. The van der Waals surface area contributed by atoms with E-state index in [1.165, 1.54) is 0 Å². The summed E-state index contributed by atoms with van der Waals surface area (Å²) >= 11 is 0. The van der Waals surface area contributed by atoms with Crippen LogP contribution in [0, 0.1) is 0 Å². The van der Waals surface area contributed by atoms with Crippen molar-refractivity contribution in [3.8, 4) is 0 Å². The van der Waals surface area contributed by atoms with Gasteiger partial charge in [0.05, 0.1) is 22.1 Å². The molecule has 6 aromatic carbocycles. The van der Waals surface area contributed by atoms with Crippen LogP contribution in [-0.2, 0) is 78.4 Å². The predicted octanol–water partition coefficient (Wildman–Crippen LogP) is 4.65. The van der Waals surface area contributed by atoms with Crippen LogP contribution in [-0.4, -0.2) is 49.3 Å². The molecule has 362 valence electrons. The Morgan fingerprint density at radius 2 is 0.465 bits per heavy atom. The Balaban J connectivity index is 0.000000292. The standard InChI is InChI=1S/2C12H8N2.4C8H8O2.2Co.H2O/c2*1-3-9-5-6-10-4-2-8-14-12(10)11(9)13-7-1;4*9-8(10)6-7-4-2-1-3-5-7;;;/h2*1-8H;4*1-5H,6H2,(H,9,10);;;1H2/q;;;;;;2*+2;/p-4. The molecule has 0 amide bonds. The van der Waals surface area contributed by atoms with Crippen molar-refractivity contribution in [2.45, 2.75) is 25.7 Å². The van der Waals surface area contributed by atoms with Gasteiger partial charge in [0.1, 0.15) is 0 Å². The summed E-state index contributed by atoms with van der Waals surface area (Å²) in [4.78, 5) is 57.6. The molecule has 10 rings (SSSR count). The molecule has 4 heterocycles. The zero-order chi connectivity index (χ0) is 48.4. The second kappa shape index (κ2) is 32.5. The van der Waals surface area contributed by atoms with Crippen LogP contribution >= 0.6 is 0 Å². The van der Waals surface area contributed by atoms with Crippen molar-refractivity contribution in [3.05, 3.63) is 241 Å². The van der Waals surface area contributed by atoms with Crippen molar-refractivity contribution in [1.29, 1.82) is 0 Å². The van der Waals surface area contributed by atoms with E-state index >= 15 is 0 Å². The summed E-state index contributed by atoms with van der Waals surface area (Å²) < 4.78 is 0. The van der Waals surface area contributed by atoms with Crippen LogP contribution in [0.1, 0.15) is 22.3 Å². The van der Waals surface area contributed by atoms with E-state index in [-0.39, 0.29) is 64.7 Å². The number of carboxylic acid groups (broad SMARTS) is 4. The van der Waals surface area contributed by atoms with Gasteiger partial charge in [-0.05, 0) is 46.5 Å². The number of fused-ring (bicyclic) bond motifs is 6. The maximum absolute atomic E-state index is 10.1. The number of carbonyl (C=O) groups is 4. The Kier molecular flexibility index (Phi) is 27.0. The second-order valence-corrected chi connectivity index (χ2v) is 14.6. The fraction of sp³-hybridized carbons (Fsp3) is 0.0714. The average Bonchev–Trinajstić information content (AvgIpc) is 3.35. The van der Waals surface area contributed by atoms with Crippen LogP contribution in [0.15, 0.2) is 219 Å². The van der Waals surface area contributed by atoms with Gasteiger partial charge in [0, 0.05) is 95.9 Å². The van der Waals surface area contributed by atoms with Crippen molar-refractivity contribution in [2.75, 3.05) is 0 Å². The largest absolute Gasteiger partial charge is 2.00 e. The Bertz CT molecular complexity index is 2730. The minimum Gasteiger partial charge on any atom is -0.550 e. The number of hydrogen-bond acceptors (Lipinski definition) is 12. The van der Waals surface area contributed by atoms with Crippen LogP contribution in [0.5, 0.6) is 0 Å². The average molecular weight is 1040 g/mol. The van der Waals surface area contributed by atoms with E-state index in [0.29, 0.717) is 0 Å². The first-order valence-electron chi connectivity index (χ1n) is 21.2. The van der Waals surface area contributed by atoms with E-state index in [1.54, 1.807) is 122 Å². The van der Waals surface area contributed by atoms with Crippen molar-refractivity contribution >= 4 is 67.5 Å². The Morgan fingerprint density at radius 3 is 0.634 bits per heavy atom. The van der Waals surface area contributed by atoms with E-state index in [4.69, 9.17) is 0 Å². The number of rotatable bonds is 8. The molecule has 10 aromatic rings. The summed E-state index contributed by atoms with van der Waals surface area (Å²) in [6, 6.07) is 60.2. The van der Waals surface area contributed by atoms with E-state index in [1.807, 2.05) is 48.5 Å². The number of aliphatic carboxylic acids is 4. The molecule has 0 atom stereocenters. The number of carbonyl (C=O) groups excluding carboxylic acids is 4. The number of benzene rings is 6. The van der Waals surface area contributed by atoms with Crippen molar-refractivity contribution in [1.82, 2.24) is 19.9 Å². The number of aromatic nitrogens is 4. The minimum atomic E-state index is -1.04. The van der Waals surface area contributed by atoms with Gasteiger partial charge in [-0.25, -0.2) is 0 Å². The second-order valence-electron chi connectivity index (χ2n) is 14.6. The van der Waals surface area contributed by atoms with Gasteiger partial charge < -0.3 is 45.1 Å². The summed E-state index contributed by atoms with van der Waals surface area (Å²) in [7, 11) is 0. The summed E-state index contributed by atoms with van der Waals surface area (Å²) in [5, 5.41) is 44.8. The molecule has 13 nitrogen and oxygen atoms in total. The Labute approximate surface area is 430 Å². The topological polar surface area (TPSA) is 244 Å². The predicted molar refractivity (Wildman–Crippen MR) is 258 cm³/mol. The van der Waals surface area contributed by atoms with E-state index in [0.717, 1.165) is 65.9 Å². The molecule has 0 aliphatic rings. The first-order valence-corrected chi connectivity index (χ1v) is 21.2. The number of nitrogens with zero attached hydrogens (tertiary/aromatic N) is 4. The molecule has 0 spiro atoms. The molecule has 71 heavy (non-hydrogen) atoms. The quantitative estimate of drug-likeness (QED) is 0.189. The molecule has 0 aliphatic carbocycles. The van der Waals surface area contributed by atoms with Crippen LogP contribution in [0.2, 0.25) is 0 Å². The monoisotopic (exact) mass is 1040 g/mol. The van der Waals surface area contributed by atoms with Gasteiger partial charge >= 0.3 is 33.6 Å². The van der Waals surface area contributed by atoms with E-state index in [2.05, 4.69) is 68.5 Å². The third-order valence-electron chi connectivity index (χ3n) is 9.45. The van der Waals surface area contributed by atoms with E-state index in [9.17, 15) is 39.6 Å². The maximum Gasteiger partial charge on any atom is 2.00 e. The van der Waals surface area contributed by atoms with Gasteiger partial charge in [-0.3, -0.25) is 19.9 Å². The zero-order valence-corrected chi connectivity index (χ0v) is 39.9. The van der Waals surface area contributed by atoms with Crippen LogP contribution in [0.25, 0.3) is 43.6 Å². The first-order chi connectivity index (χ1) is 33.0. The molecule has 0 fully saturated rings. The first kappa shape index (κ1) is 58.9. The Hall–Kier alpha value is -8.19. The van der Waals surface area contributed by atoms with E-state index < -0.39 is 23.9 Å². The normalized spacial score (nSPS) is 9.46. The minimum absolute atomic E-state index is 0. The fourth-order valence-corrected chi connectivity index (χ4v) is 6.41. The van der Waals surface area contributed by atoms with Crippen molar-refractivity contribution in [2.24, 2.45) is 0 Å². The fourth-order valence-electron chi connectivity index (χ4n) is 6.41. The van der Waals surface area contributed by atoms with Gasteiger partial charge in [0.2, 0.25) is 0 Å². The summed E-state index contributed by atoms with van der Waals surface area (Å²) in [6.45, 7) is 0. The van der Waals surface area contributed by atoms with Crippen molar-refractivity contribution < 1.29 is 78.6 Å². The van der Waals surface area contributed by atoms with Gasteiger partial charge in [0.25, 0.3) is 0 Å². The molecule has 2 radical (unpaired) electrons. The SMILES string of the molecule is O.O=C([O-])Cc1ccccc1.O=C([O-])Cc1ccccc1.O=C([O-])Cc1ccccc1.O=C([O-])Cc1ccccc1.[Co+2].[Co+2].c1cnc2c(c1)ccc1cccnc12.c1cnc2c(c1)ccc1cccnc12. The summed E-state index contributed by atoms with van der Waals surface area (Å²) in [5.74, 6) is -4.14. The molecule has 0 saturated carbocycles. The van der Waals surface area contributed by atoms with Gasteiger partial charge in [-0.2, -0.15) is 0 Å². The van der Waals surface area contributed by atoms with Gasteiger partial charge in [-0.15, -0.1) is 0 Å². The molecular formula is C56H46Co2N4O9. The summed E-state index contributed by atoms with van der Waals surface area (Å²) in [5.41, 5.74) is 7.03. The molecule has 0 saturated heterocycles. The van der Waals surface area contributed by atoms with Crippen LogP contribution in [0.3, 0.4) is 0 Å². The molecule has 0 bridgehead atoms. The van der Waals surface area contributed by atoms with Crippen molar-refractivity contribution in [3.63, 3.8) is 0 Å². The van der Waals surface area contributed by atoms with Gasteiger partial charge in [-0.1, -0.05) is 170 Å². The summed E-state index contributed by atoms with van der Waals surface area (Å²) in [6.07, 6.45) is 7.21. The van der Waals surface area contributed by atoms with Crippen LogP contribution < -0.4 is 20.4 Å². The smallest absolute Gasteiger partial charge is 0.550 e. The molecule has 4 aromatic heterocycles. The third kappa shape index (κ3) is 21.3. The maximum atomic E-state index is 10.1. The molecule has 0 unspecified atom stereocenters. The molecular weight excluding hydrogens is 991 g/mol. The molecule has 15 heteroatoms. The number of carboxylic acids is 4. The number of pyridine rings is 4.